The van der Waals surface area contributed by atoms with Gasteiger partial charge in [0.2, 0.25) is 0 Å². The van der Waals surface area contributed by atoms with Crippen molar-refractivity contribution in [1.29, 1.82) is 0 Å². The lowest BCUT2D eigenvalue weighted by Gasteiger charge is -2.31. The number of benzene rings is 1. The summed E-state index contributed by atoms with van der Waals surface area (Å²) < 4.78 is 5.38. The van der Waals surface area contributed by atoms with Crippen LogP contribution >= 0.6 is 11.3 Å². The summed E-state index contributed by atoms with van der Waals surface area (Å²) in [7, 11) is 1.74. The topological polar surface area (TPSA) is 42.4 Å². The molecule has 2 heterocycles. The number of hydrogen-bond acceptors (Lipinski definition) is 4. The zero-order valence-corrected chi connectivity index (χ0v) is 15.4. The highest BCUT2D eigenvalue weighted by Gasteiger charge is 2.26. The monoisotopic (exact) mass is 344 g/mol. The average molecular weight is 344 g/mol. The molecular weight excluding hydrogens is 320 g/mol. The molecule has 0 atom stereocenters. The Bertz CT molecular complexity index is 701. The third kappa shape index (κ3) is 3.52. The maximum atomic E-state index is 12.8. The molecule has 4 nitrogen and oxygen atoms in total. The molecule has 3 rings (SSSR count). The Morgan fingerprint density at radius 2 is 1.96 bits per heavy atom. The van der Waals surface area contributed by atoms with Crippen LogP contribution in [0.4, 0.5) is 0 Å². The van der Waals surface area contributed by atoms with Gasteiger partial charge in [-0.1, -0.05) is 31.2 Å². The van der Waals surface area contributed by atoms with E-state index in [1.807, 2.05) is 11.8 Å². The van der Waals surface area contributed by atoms with Gasteiger partial charge in [-0.2, -0.15) is 0 Å². The molecule has 2 aromatic rings. The molecule has 24 heavy (non-hydrogen) atoms. The molecule has 128 valence electrons. The van der Waals surface area contributed by atoms with Crippen LogP contribution in [-0.2, 0) is 11.2 Å². The maximum Gasteiger partial charge on any atom is 0.265 e. The first kappa shape index (κ1) is 17.1. The van der Waals surface area contributed by atoms with Crippen LogP contribution in [0.3, 0.4) is 0 Å². The molecule has 1 aromatic carbocycles. The number of likely N-dealkylation sites (tertiary alicyclic amines) is 1. The Labute approximate surface area is 147 Å². The molecule has 0 unspecified atom stereocenters. The molecular formula is C19H24N2O2S. The van der Waals surface area contributed by atoms with Gasteiger partial charge >= 0.3 is 0 Å². The highest BCUT2D eigenvalue weighted by Crippen LogP contribution is 2.30. The Morgan fingerprint density at radius 3 is 2.54 bits per heavy atom. The number of nitrogens with zero attached hydrogens (tertiary/aromatic N) is 2. The minimum atomic E-state index is 0.107. The number of aryl methyl sites for hydroxylation is 2. The van der Waals surface area contributed by atoms with Crippen molar-refractivity contribution in [2.75, 3.05) is 20.2 Å². The lowest BCUT2D eigenvalue weighted by atomic mass is 10.1. The first-order valence-corrected chi connectivity index (χ1v) is 9.32. The Kier molecular flexibility index (Phi) is 5.31. The molecule has 1 aromatic heterocycles. The Balaban J connectivity index is 1.77. The van der Waals surface area contributed by atoms with E-state index in [4.69, 9.17) is 4.74 Å². The molecule has 1 aliphatic rings. The summed E-state index contributed by atoms with van der Waals surface area (Å²) in [5.41, 5.74) is 3.22. The van der Waals surface area contributed by atoms with Gasteiger partial charge in [0.1, 0.15) is 9.88 Å². The number of hydrogen-bond donors (Lipinski definition) is 0. The van der Waals surface area contributed by atoms with Crippen molar-refractivity contribution >= 4 is 17.2 Å². The summed E-state index contributed by atoms with van der Waals surface area (Å²) in [6.07, 6.45) is 3.12. The lowest BCUT2D eigenvalue weighted by molar-refractivity contribution is 0.0353. The van der Waals surface area contributed by atoms with Crippen LogP contribution in [0.2, 0.25) is 0 Å². The fourth-order valence-electron chi connectivity index (χ4n) is 3.04. The van der Waals surface area contributed by atoms with Gasteiger partial charge < -0.3 is 9.64 Å². The number of ether oxygens (including phenoxy) is 1. The van der Waals surface area contributed by atoms with Gasteiger partial charge in [-0.25, -0.2) is 4.98 Å². The number of carbonyl (C=O) groups is 1. The fraction of sp³-hybridized carbons (Fsp3) is 0.474. The van der Waals surface area contributed by atoms with Crippen molar-refractivity contribution in [2.45, 2.75) is 39.2 Å². The van der Waals surface area contributed by atoms with Gasteiger partial charge in [0, 0.05) is 25.8 Å². The number of thiazole rings is 1. The number of rotatable bonds is 4. The van der Waals surface area contributed by atoms with E-state index < -0.39 is 0 Å². The van der Waals surface area contributed by atoms with E-state index in [9.17, 15) is 4.79 Å². The number of methoxy groups -OCH3 is 1. The molecule has 0 N–H and O–H groups in total. The predicted octanol–water partition coefficient (Wildman–Crippen LogP) is 3.93. The smallest absolute Gasteiger partial charge is 0.265 e. The predicted molar refractivity (Wildman–Crippen MR) is 97.6 cm³/mol. The molecule has 0 saturated carbocycles. The van der Waals surface area contributed by atoms with Crippen LogP contribution in [0.15, 0.2) is 24.3 Å². The highest BCUT2D eigenvalue weighted by molar-refractivity contribution is 7.17. The van der Waals surface area contributed by atoms with Crippen molar-refractivity contribution in [2.24, 2.45) is 0 Å². The average Bonchev–Trinajstić information content (AvgIpc) is 3.03. The van der Waals surface area contributed by atoms with Crippen molar-refractivity contribution in [1.82, 2.24) is 9.88 Å². The van der Waals surface area contributed by atoms with E-state index in [-0.39, 0.29) is 12.0 Å². The molecule has 1 saturated heterocycles. The minimum absolute atomic E-state index is 0.107. The quantitative estimate of drug-likeness (QED) is 0.844. The van der Waals surface area contributed by atoms with E-state index in [1.54, 1.807) is 7.11 Å². The van der Waals surface area contributed by atoms with Crippen LogP contribution in [-0.4, -0.2) is 42.1 Å². The van der Waals surface area contributed by atoms with E-state index in [2.05, 4.69) is 36.2 Å². The Morgan fingerprint density at radius 1 is 1.29 bits per heavy atom. The van der Waals surface area contributed by atoms with E-state index in [0.29, 0.717) is 0 Å². The zero-order valence-electron chi connectivity index (χ0n) is 14.5. The maximum absolute atomic E-state index is 12.8. The second-order valence-corrected chi connectivity index (χ2v) is 7.21. The minimum Gasteiger partial charge on any atom is -0.381 e. The van der Waals surface area contributed by atoms with Crippen LogP contribution in [0.5, 0.6) is 0 Å². The third-order valence-electron chi connectivity index (χ3n) is 4.66. The zero-order chi connectivity index (χ0) is 17.1. The molecule has 0 bridgehead atoms. The van der Waals surface area contributed by atoms with E-state index >= 15 is 0 Å². The molecule has 5 heteroatoms. The van der Waals surface area contributed by atoms with Gasteiger partial charge in [0.15, 0.2) is 0 Å². The normalized spacial score (nSPS) is 15.7. The van der Waals surface area contributed by atoms with Crippen LogP contribution in [0.1, 0.15) is 40.7 Å². The third-order valence-corrected chi connectivity index (χ3v) is 5.86. The van der Waals surface area contributed by atoms with Crippen molar-refractivity contribution < 1.29 is 9.53 Å². The Hall–Kier alpha value is -1.72. The molecule has 1 amide bonds. The summed E-state index contributed by atoms with van der Waals surface area (Å²) in [6, 6.07) is 8.44. The number of carbonyl (C=O) groups excluding carboxylic acids is 1. The molecule has 0 radical (unpaired) electrons. The van der Waals surface area contributed by atoms with Crippen LogP contribution < -0.4 is 0 Å². The van der Waals surface area contributed by atoms with Crippen LogP contribution in [0.25, 0.3) is 10.6 Å². The van der Waals surface area contributed by atoms with Crippen molar-refractivity contribution in [3.8, 4) is 10.6 Å². The van der Waals surface area contributed by atoms with Gasteiger partial charge in [0.05, 0.1) is 11.8 Å². The number of amides is 1. The van der Waals surface area contributed by atoms with Gasteiger partial charge in [-0.05, 0) is 31.7 Å². The summed E-state index contributed by atoms with van der Waals surface area (Å²) in [6.45, 7) is 5.59. The fourth-order valence-corrected chi connectivity index (χ4v) is 4.08. The summed E-state index contributed by atoms with van der Waals surface area (Å²) in [5, 5.41) is 0.922. The van der Waals surface area contributed by atoms with Gasteiger partial charge in [-0.15, -0.1) is 11.3 Å². The summed E-state index contributed by atoms with van der Waals surface area (Å²) >= 11 is 1.50. The lowest BCUT2D eigenvalue weighted by Crippen LogP contribution is -2.40. The first-order valence-electron chi connectivity index (χ1n) is 8.51. The van der Waals surface area contributed by atoms with Crippen LogP contribution in [0, 0.1) is 6.92 Å². The molecule has 0 aliphatic carbocycles. The summed E-state index contributed by atoms with van der Waals surface area (Å²) in [5.74, 6) is 0.107. The van der Waals surface area contributed by atoms with E-state index in [0.717, 1.165) is 53.5 Å². The first-order chi connectivity index (χ1) is 11.6. The largest absolute Gasteiger partial charge is 0.381 e. The summed E-state index contributed by atoms with van der Waals surface area (Å²) in [4.78, 5) is 20.1. The standard InChI is InChI=1S/C19H24N2O2S/c1-4-14-5-7-15(8-6-14)18-20-13(2)17(24-18)19(22)21-11-9-16(23-3)10-12-21/h5-8,16H,4,9-12H2,1-3H3. The SMILES string of the molecule is CCc1ccc(-c2nc(C)c(C(=O)N3CCC(OC)CC3)s2)cc1. The highest BCUT2D eigenvalue weighted by atomic mass is 32.1. The molecule has 0 spiro atoms. The van der Waals surface area contributed by atoms with Crippen molar-refractivity contribution in [3.05, 3.63) is 40.4 Å². The number of piperidine rings is 1. The second kappa shape index (κ2) is 7.45. The van der Waals surface area contributed by atoms with Crippen molar-refractivity contribution in [3.63, 3.8) is 0 Å². The molecule has 1 aliphatic heterocycles. The van der Waals surface area contributed by atoms with E-state index in [1.165, 1.54) is 16.9 Å². The van der Waals surface area contributed by atoms with Gasteiger partial charge in [0.25, 0.3) is 5.91 Å². The molecule has 1 fully saturated rings. The van der Waals surface area contributed by atoms with Gasteiger partial charge in [-0.3, -0.25) is 4.79 Å². The number of aromatic nitrogens is 1. The second-order valence-electron chi connectivity index (χ2n) is 6.21.